The highest BCUT2D eigenvalue weighted by atomic mass is 35.5. The molecule has 0 bridgehead atoms. The number of carbonyl (C=O) groups is 1. The van der Waals surface area contributed by atoms with E-state index in [0.717, 1.165) is 6.08 Å². The molecule has 0 fully saturated rings. The van der Waals surface area contributed by atoms with Gasteiger partial charge in [-0.3, -0.25) is 0 Å². The molecule has 0 aromatic heterocycles. The normalized spacial score (nSPS) is 20.8. The third-order valence-electron chi connectivity index (χ3n) is 3.01. The van der Waals surface area contributed by atoms with Gasteiger partial charge in [0.15, 0.2) is 11.0 Å². The van der Waals surface area contributed by atoms with Gasteiger partial charge in [0, 0.05) is 11.1 Å². The first-order valence-corrected chi connectivity index (χ1v) is 8.20. The van der Waals surface area contributed by atoms with Crippen LogP contribution < -0.4 is 4.72 Å². The van der Waals surface area contributed by atoms with Crippen LogP contribution in [0.5, 0.6) is 0 Å². The molecule has 0 saturated heterocycles. The van der Waals surface area contributed by atoms with Crippen LogP contribution in [0.2, 0.25) is 5.02 Å². The molecular weight excluding hydrogens is 397 g/mol. The lowest BCUT2D eigenvalue weighted by atomic mass is 10.0. The molecule has 11 heteroatoms. The maximum atomic E-state index is 13.4. The van der Waals surface area contributed by atoms with E-state index in [0.29, 0.717) is 0 Å². The van der Waals surface area contributed by atoms with E-state index in [1.807, 2.05) is 4.72 Å². The molecule has 0 spiro atoms. The van der Waals surface area contributed by atoms with Crippen LogP contribution in [0.25, 0.3) is 0 Å². The van der Waals surface area contributed by atoms with Gasteiger partial charge in [-0.05, 0) is 35.4 Å². The Hall–Kier alpha value is -1.16. The Bertz CT molecular complexity index is 696. The van der Waals surface area contributed by atoms with E-state index >= 15 is 0 Å². The monoisotopic (exact) mass is 405 g/mol. The van der Waals surface area contributed by atoms with Gasteiger partial charge in [0.05, 0.1) is 6.04 Å². The molecule has 1 N–H and O–H groups in total. The van der Waals surface area contributed by atoms with Crippen molar-refractivity contribution in [1.29, 1.82) is 0 Å². The minimum atomic E-state index is -5.06. The lowest BCUT2D eigenvalue weighted by molar-refractivity contribution is -0.139. The van der Waals surface area contributed by atoms with Crippen LogP contribution in [0, 0.1) is 0 Å². The standard InChI is InChI=1S/C13H9Cl2F4NO3S/c14-8-3-1-2-7(6-8)11(9-4-5-10(21)23-9)20-24(22)13(18,19)12(15,16)17/h1-6,9,11,20H/t9-,11-,24?/m1/s1. The number of nitrogens with one attached hydrogen (secondary N) is 1. The van der Waals surface area contributed by atoms with Crippen LogP contribution in [0.4, 0.5) is 17.6 Å². The molecule has 0 saturated carbocycles. The lowest BCUT2D eigenvalue weighted by Crippen LogP contribution is -2.47. The Morgan fingerprint density at radius 1 is 1.29 bits per heavy atom. The molecule has 1 aliphatic rings. The molecule has 1 unspecified atom stereocenters. The zero-order valence-corrected chi connectivity index (χ0v) is 13.8. The minimum absolute atomic E-state index is 0.203. The van der Waals surface area contributed by atoms with E-state index < -0.39 is 39.7 Å². The first-order chi connectivity index (χ1) is 11.0. The SMILES string of the molecule is O=C1C=C[C@H]([C@H](NS(=O)C(F)(F)C(F)(F)Cl)c2cccc(Cl)c2)O1. The Morgan fingerprint density at radius 2 is 1.96 bits per heavy atom. The molecule has 24 heavy (non-hydrogen) atoms. The minimum Gasteiger partial charge on any atom is -0.453 e. The summed E-state index contributed by atoms with van der Waals surface area (Å²) in [6.45, 7) is 0. The Morgan fingerprint density at radius 3 is 2.46 bits per heavy atom. The molecule has 2 rings (SSSR count). The molecule has 4 nitrogen and oxygen atoms in total. The maximum absolute atomic E-state index is 13.4. The molecule has 0 aliphatic carbocycles. The predicted molar refractivity (Wildman–Crippen MR) is 80.2 cm³/mol. The number of cyclic esters (lactones) is 1. The average molecular weight is 406 g/mol. The molecule has 1 aromatic rings. The average Bonchev–Trinajstić information content (AvgIpc) is 2.89. The summed E-state index contributed by atoms with van der Waals surface area (Å²) in [4.78, 5) is 11.2. The third-order valence-corrected chi connectivity index (χ3v) is 4.78. The second-order valence-corrected chi connectivity index (χ2v) is 6.89. The van der Waals surface area contributed by atoms with Gasteiger partial charge in [-0.2, -0.15) is 17.6 Å². The molecule has 3 atom stereocenters. The second-order valence-electron chi connectivity index (χ2n) is 4.69. The summed E-state index contributed by atoms with van der Waals surface area (Å²) in [5.41, 5.74) is 0.203. The van der Waals surface area contributed by atoms with Crippen molar-refractivity contribution in [2.75, 3.05) is 0 Å². The fourth-order valence-corrected chi connectivity index (χ4v) is 3.15. The van der Waals surface area contributed by atoms with Gasteiger partial charge in [0.25, 0.3) is 0 Å². The number of halogens is 6. The van der Waals surface area contributed by atoms with E-state index in [1.165, 1.54) is 30.3 Å². The number of rotatable bonds is 6. The molecule has 1 aliphatic heterocycles. The Balaban J connectivity index is 2.32. The van der Waals surface area contributed by atoms with Crippen LogP contribution in [-0.2, 0) is 20.5 Å². The third kappa shape index (κ3) is 4.08. The van der Waals surface area contributed by atoms with Crippen molar-refractivity contribution in [3.05, 3.63) is 47.0 Å². The van der Waals surface area contributed by atoms with Crippen molar-refractivity contribution in [3.8, 4) is 0 Å². The second kappa shape index (κ2) is 6.99. The number of hydrogen-bond donors (Lipinski definition) is 1. The lowest BCUT2D eigenvalue weighted by Gasteiger charge is -2.27. The predicted octanol–water partition coefficient (Wildman–Crippen LogP) is 3.54. The topological polar surface area (TPSA) is 55.4 Å². The van der Waals surface area contributed by atoms with Crippen molar-refractivity contribution in [2.24, 2.45) is 0 Å². The summed E-state index contributed by atoms with van der Waals surface area (Å²) in [5.74, 6) is -0.756. The van der Waals surface area contributed by atoms with Crippen LogP contribution in [0.15, 0.2) is 36.4 Å². The maximum Gasteiger partial charge on any atom is 0.410 e. The van der Waals surface area contributed by atoms with E-state index in [9.17, 15) is 26.6 Å². The van der Waals surface area contributed by atoms with E-state index in [4.69, 9.17) is 16.3 Å². The molecule has 1 heterocycles. The zero-order chi connectivity index (χ0) is 18.1. The summed E-state index contributed by atoms with van der Waals surface area (Å²) in [7, 11) is -3.58. The largest absolute Gasteiger partial charge is 0.453 e. The number of ether oxygens (including phenoxy) is 1. The number of alkyl halides is 5. The van der Waals surface area contributed by atoms with Crippen LogP contribution in [-0.4, -0.2) is 26.9 Å². The number of carbonyl (C=O) groups excluding carboxylic acids is 1. The van der Waals surface area contributed by atoms with Crippen molar-refractivity contribution < 1.29 is 31.3 Å². The highest BCUT2D eigenvalue weighted by Gasteiger charge is 2.61. The van der Waals surface area contributed by atoms with Gasteiger partial charge < -0.3 is 4.74 Å². The van der Waals surface area contributed by atoms with Crippen molar-refractivity contribution >= 4 is 40.2 Å². The summed E-state index contributed by atoms with van der Waals surface area (Å²) in [6.07, 6.45) is 1.11. The van der Waals surface area contributed by atoms with Gasteiger partial charge in [-0.15, -0.1) is 0 Å². The summed E-state index contributed by atoms with van der Waals surface area (Å²) in [5, 5.41) is -9.88. The zero-order valence-electron chi connectivity index (χ0n) is 11.5. The van der Waals surface area contributed by atoms with Gasteiger partial charge in [0.2, 0.25) is 0 Å². The van der Waals surface area contributed by atoms with Crippen LogP contribution in [0.3, 0.4) is 0 Å². The van der Waals surface area contributed by atoms with Crippen LogP contribution in [0.1, 0.15) is 11.6 Å². The van der Waals surface area contributed by atoms with Gasteiger partial charge in [-0.25, -0.2) is 13.7 Å². The van der Waals surface area contributed by atoms with Gasteiger partial charge >= 0.3 is 16.6 Å². The number of hydrogen-bond acceptors (Lipinski definition) is 3. The smallest absolute Gasteiger partial charge is 0.410 e. The first kappa shape index (κ1) is 19.2. The molecule has 132 valence electrons. The Labute approximate surface area is 146 Å². The van der Waals surface area contributed by atoms with E-state index in [-0.39, 0.29) is 10.6 Å². The van der Waals surface area contributed by atoms with Gasteiger partial charge in [0.1, 0.15) is 6.10 Å². The fourth-order valence-electron chi connectivity index (χ4n) is 1.88. The van der Waals surface area contributed by atoms with Crippen molar-refractivity contribution in [3.63, 3.8) is 0 Å². The summed E-state index contributed by atoms with van der Waals surface area (Å²) in [6, 6.07) is 4.38. The highest BCUT2D eigenvalue weighted by molar-refractivity contribution is 7.84. The number of esters is 1. The molecular formula is C13H9Cl2F4NO3S. The van der Waals surface area contributed by atoms with E-state index in [2.05, 4.69) is 11.6 Å². The van der Waals surface area contributed by atoms with Crippen molar-refractivity contribution in [2.45, 2.75) is 22.8 Å². The van der Waals surface area contributed by atoms with Crippen molar-refractivity contribution in [1.82, 2.24) is 4.72 Å². The quantitative estimate of drug-likeness (QED) is 0.447. The summed E-state index contributed by atoms with van der Waals surface area (Å²) < 4.78 is 70.8. The molecule has 0 amide bonds. The molecule has 1 aromatic carbocycles. The Kier molecular flexibility index (Phi) is 5.58. The summed E-state index contributed by atoms with van der Waals surface area (Å²) >= 11 is 10.1. The molecule has 0 radical (unpaired) electrons. The first-order valence-electron chi connectivity index (χ1n) is 6.29. The fraction of sp³-hybridized carbons (Fsp3) is 0.308. The van der Waals surface area contributed by atoms with Crippen LogP contribution >= 0.6 is 23.2 Å². The van der Waals surface area contributed by atoms with Gasteiger partial charge in [-0.1, -0.05) is 23.7 Å². The van der Waals surface area contributed by atoms with E-state index in [1.54, 1.807) is 0 Å². The highest BCUT2D eigenvalue weighted by Crippen LogP contribution is 2.40. The number of benzene rings is 1.